The third-order valence-electron chi connectivity index (χ3n) is 11.8. The maximum Gasteiger partial charge on any atom is 0.319 e. The first-order valence-electron chi connectivity index (χ1n) is 23.2. The standard InChI is InChI=1S/C28H35F2N5O3.C23H28F2N4O2/c1-28(2,3)33-25(36)19-7-4-6-18(14-19)17-34-10-12-35(13-11-34)26(37)21-15-23(30)24(16-22(21)29)32-27(38)31-20-8-5-9-20;1-23(2,3)27-21(30)16-6-4-5-15(11-16)14-28-7-9-29(10-8-28)22(31)17-12-19(25)20(26)13-18(17)24/h4,6-7,14-16,20H,5,8-13,17H2,1-3H3,(H,33,36)(H2,31,32,38);4-6,11-13H,7-10,14,26H2,1-3H3,(H,27,30). The predicted molar refractivity (Wildman–Crippen MR) is 257 cm³/mol. The van der Waals surface area contributed by atoms with E-state index in [-0.39, 0.29) is 51.4 Å². The third kappa shape index (κ3) is 14.7. The average Bonchev–Trinajstić information content (AvgIpc) is 3.27. The van der Waals surface area contributed by atoms with Crippen molar-refractivity contribution in [2.45, 2.75) is 91.0 Å². The minimum atomic E-state index is -0.886. The van der Waals surface area contributed by atoms with Gasteiger partial charge in [0.2, 0.25) is 0 Å². The number of amides is 6. The van der Waals surface area contributed by atoms with Crippen molar-refractivity contribution in [2.75, 3.05) is 63.4 Å². The van der Waals surface area contributed by atoms with Gasteiger partial charge in [0, 0.05) is 106 Å². The maximum absolute atomic E-state index is 14.8. The first-order valence-corrected chi connectivity index (χ1v) is 23.2. The van der Waals surface area contributed by atoms with E-state index in [0.717, 1.165) is 54.7 Å². The molecule has 6 amide bonds. The summed E-state index contributed by atoms with van der Waals surface area (Å²) in [6.45, 7) is 16.6. The summed E-state index contributed by atoms with van der Waals surface area (Å²) in [4.78, 5) is 69.8. The fraction of sp³-hybridized carbons (Fsp3) is 0.431. The number of halogens is 4. The van der Waals surface area contributed by atoms with E-state index in [0.29, 0.717) is 76.6 Å². The highest BCUT2D eigenvalue weighted by Crippen LogP contribution is 2.24. The lowest BCUT2D eigenvalue weighted by atomic mass is 9.93. The summed E-state index contributed by atoms with van der Waals surface area (Å²) in [7, 11) is 0. The van der Waals surface area contributed by atoms with Crippen molar-refractivity contribution in [3.05, 3.63) is 129 Å². The van der Waals surface area contributed by atoms with Crippen LogP contribution in [-0.2, 0) is 13.1 Å². The van der Waals surface area contributed by atoms with Crippen LogP contribution >= 0.6 is 0 Å². The van der Waals surface area contributed by atoms with Gasteiger partial charge in [0.1, 0.15) is 23.3 Å². The maximum atomic E-state index is 14.8. The number of hydrogen-bond donors (Lipinski definition) is 5. The quantitative estimate of drug-likeness (QED) is 0.0824. The van der Waals surface area contributed by atoms with Crippen molar-refractivity contribution in [1.82, 2.24) is 35.6 Å². The van der Waals surface area contributed by atoms with Gasteiger partial charge in [-0.15, -0.1) is 0 Å². The highest BCUT2D eigenvalue weighted by molar-refractivity contribution is 5.97. The van der Waals surface area contributed by atoms with Crippen LogP contribution in [0.4, 0.5) is 33.7 Å². The molecule has 2 aliphatic heterocycles. The number of nitrogens with two attached hydrogens (primary N) is 1. The third-order valence-corrected chi connectivity index (χ3v) is 11.8. The Bertz CT molecular complexity index is 2530. The molecule has 1 aliphatic carbocycles. The summed E-state index contributed by atoms with van der Waals surface area (Å²) >= 11 is 0. The summed E-state index contributed by atoms with van der Waals surface area (Å²) in [5, 5.41) is 10.9. The van der Waals surface area contributed by atoms with Crippen LogP contribution in [0.5, 0.6) is 0 Å². The predicted octanol–water partition coefficient (Wildman–Crippen LogP) is 7.16. The molecule has 0 radical (unpaired) electrons. The summed E-state index contributed by atoms with van der Waals surface area (Å²) in [5.74, 6) is -4.78. The summed E-state index contributed by atoms with van der Waals surface area (Å²) in [5.41, 5.74) is 6.55. The summed E-state index contributed by atoms with van der Waals surface area (Å²) < 4.78 is 57.1. The zero-order valence-electron chi connectivity index (χ0n) is 40.1. The van der Waals surface area contributed by atoms with E-state index in [9.17, 15) is 41.5 Å². The zero-order chi connectivity index (χ0) is 50.2. The van der Waals surface area contributed by atoms with Crippen LogP contribution in [0.1, 0.15) is 113 Å². The molecular formula is C51H63F4N9O5. The van der Waals surface area contributed by atoms with Crippen LogP contribution in [0.25, 0.3) is 0 Å². The molecular weight excluding hydrogens is 895 g/mol. The molecule has 0 spiro atoms. The number of nitrogen functional groups attached to an aromatic ring is 1. The van der Waals surface area contributed by atoms with Gasteiger partial charge < -0.3 is 36.8 Å². The molecule has 4 aromatic carbocycles. The molecule has 6 N–H and O–H groups in total. The van der Waals surface area contributed by atoms with Gasteiger partial charge in [0.15, 0.2) is 0 Å². The number of nitrogens with one attached hydrogen (secondary N) is 4. The van der Waals surface area contributed by atoms with Crippen LogP contribution in [-0.4, -0.2) is 119 Å². The molecule has 0 bridgehead atoms. The number of carbonyl (C=O) groups excluding carboxylic acids is 5. The fourth-order valence-electron chi connectivity index (χ4n) is 7.95. The number of urea groups is 1. The normalized spacial score (nSPS) is 15.9. The van der Waals surface area contributed by atoms with Gasteiger partial charge in [-0.1, -0.05) is 24.3 Å². The SMILES string of the molecule is CC(C)(C)NC(=O)c1cccc(CN2CCN(C(=O)c3cc(F)c(N)cc3F)CC2)c1.CC(C)(C)NC(=O)c1cccc(CN2CCN(C(=O)c3cc(F)c(NC(=O)NC4CCC4)cc3F)CC2)c1. The van der Waals surface area contributed by atoms with Gasteiger partial charge in [-0.2, -0.15) is 0 Å². The van der Waals surface area contributed by atoms with Crippen molar-refractivity contribution in [3.8, 4) is 0 Å². The Morgan fingerprint density at radius 1 is 0.580 bits per heavy atom. The Hall–Kier alpha value is -6.53. The Morgan fingerprint density at radius 2 is 1.01 bits per heavy atom. The van der Waals surface area contributed by atoms with Gasteiger partial charge in [-0.25, -0.2) is 22.4 Å². The minimum absolute atomic E-state index is 0.0549. The number of piperazine rings is 2. The van der Waals surface area contributed by atoms with E-state index in [1.807, 2.05) is 77.9 Å². The van der Waals surface area contributed by atoms with E-state index >= 15 is 0 Å². The number of anilines is 2. The summed E-state index contributed by atoms with van der Waals surface area (Å²) in [6, 6.07) is 17.7. The zero-order valence-corrected chi connectivity index (χ0v) is 40.1. The topological polar surface area (TPSA) is 172 Å². The molecule has 0 unspecified atom stereocenters. The Labute approximate surface area is 400 Å². The van der Waals surface area contributed by atoms with Crippen molar-refractivity contribution in [3.63, 3.8) is 0 Å². The molecule has 18 heteroatoms. The molecule has 7 rings (SSSR count). The average molecular weight is 958 g/mol. The number of nitrogens with zero attached hydrogens (tertiary/aromatic N) is 4. The van der Waals surface area contributed by atoms with Gasteiger partial charge in [-0.05, 0) is 108 Å². The lowest BCUT2D eigenvalue weighted by Gasteiger charge is -2.35. The second kappa shape index (κ2) is 22.3. The van der Waals surface area contributed by atoms with Crippen LogP contribution < -0.4 is 27.0 Å². The Kier molecular flexibility index (Phi) is 16.7. The molecule has 69 heavy (non-hydrogen) atoms. The Balaban J connectivity index is 0.000000232. The van der Waals surface area contributed by atoms with Gasteiger partial charge in [0.25, 0.3) is 23.6 Å². The van der Waals surface area contributed by atoms with Gasteiger partial charge >= 0.3 is 6.03 Å². The highest BCUT2D eigenvalue weighted by Gasteiger charge is 2.28. The molecule has 2 saturated heterocycles. The van der Waals surface area contributed by atoms with E-state index in [4.69, 9.17) is 5.73 Å². The van der Waals surface area contributed by atoms with Crippen LogP contribution in [0.3, 0.4) is 0 Å². The fourth-order valence-corrected chi connectivity index (χ4v) is 7.95. The summed E-state index contributed by atoms with van der Waals surface area (Å²) in [6.07, 6.45) is 2.76. The van der Waals surface area contributed by atoms with Crippen molar-refractivity contribution in [1.29, 1.82) is 0 Å². The van der Waals surface area contributed by atoms with E-state index in [1.54, 1.807) is 12.1 Å². The second-order valence-corrected chi connectivity index (χ2v) is 19.8. The van der Waals surface area contributed by atoms with E-state index in [1.165, 1.54) is 9.80 Å². The highest BCUT2D eigenvalue weighted by atomic mass is 19.1. The monoisotopic (exact) mass is 957 g/mol. The molecule has 0 aromatic heterocycles. The number of carbonyl (C=O) groups is 5. The number of rotatable bonds is 10. The van der Waals surface area contributed by atoms with Gasteiger partial charge in [0.05, 0.1) is 22.5 Å². The second-order valence-electron chi connectivity index (χ2n) is 19.8. The van der Waals surface area contributed by atoms with Crippen molar-refractivity contribution < 1.29 is 41.5 Å². The Morgan fingerprint density at radius 3 is 1.43 bits per heavy atom. The lowest BCUT2D eigenvalue weighted by molar-refractivity contribution is 0.0616. The smallest absolute Gasteiger partial charge is 0.319 e. The van der Waals surface area contributed by atoms with Gasteiger partial charge in [-0.3, -0.25) is 29.0 Å². The molecule has 370 valence electrons. The molecule has 2 heterocycles. The molecule has 14 nitrogen and oxygen atoms in total. The van der Waals surface area contributed by atoms with Crippen LogP contribution in [0.15, 0.2) is 72.8 Å². The number of benzene rings is 4. The molecule has 1 saturated carbocycles. The largest absolute Gasteiger partial charge is 0.396 e. The van der Waals surface area contributed by atoms with Crippen molar-refractivity contribution >= 4 is 41.0 Å². The van der Waals surface area contributed by atoms with Crippen molar-refractivity contribution in [2.24, 2.45) is 0 Å². The number of hydrogen-bond acceptors (Lipinski definition) is 8. The first kappa shape index (κ1) is 51.9. The molecule has 4 aromatic rings. The lowest BCUT2D eigenvalue weighted by Crippen LogP contribution is -2.48. The molecule has 0 atom stereocenters. The minimum Gasteiger partial charge on any atom is -0.396 e. The van der Waals surface area contributed by atoms with Crippen LogP contribution in [0, 0.1) is 23.3 Å². The van der Waals surface area contributed by atoms with E-state index in [2.05, 4.69) is 31.1 Å². The molecule has 3 aliphatic rings. The van der Waals surface area contributed by atoms with Crippen LogP contribution in [0.2, 0.25) is 0 Å². The molecule has 3 fully saturated rings. The first-order chi connectivity index (χ1) is 32.5. The van der Waals surface area contributed by atoms with E-state index < -0.39 is 41.1 Å².